The van der Waals surface area contributed by atoms with Crippen LogP contribution in [0.4, 0.5) is 4.79 Å². The first-order chi connectivity index (χ1) is 14.0. The van der Waals surface area contributed by atoms with Gasteiger partial charge in [0.15, 0.2) is 0 Å². The highest BCUT2D eigenvalue weighted by molar-refractivity contribution is 5.89. The molecule has 7 nitrogen and oxygen atoms in total. The lowest BCUT2D eigenvalue weighted by Crippen LogP contribution is -2.48. The zero-order valence-electron chi connectivity index (χ0n) is 16.2. The molecule has 29 heavy (non-hydrogen) atoms. The highest BCUT2D eigenvalue weighted by Crippen LogP contribution is 2.44. The SMILES string of the molecule is CCCNC(=O)C(CC(=O)O)NC(=O)OCC1c2ccccc2-c2ccccc21. The van der Waals surface area contributed by atoms with Gasteiger partial charge >= 0.3 is 12.1 Å². The predicted octanol–water partition coefficient (Wildman–Crippen LogP) is 2.89. The molecule has 1 aliphatic carbocycles. The van der Waals surface area contributed by atoms with E-state index in [2.05, 4.69) is 10.6 Å². The zero-order valence-corrected chi connectivity index (χ0v) is 16.2. The third-order valence-corrected chi connectivity index (χ3v) is 4.88. The van der Waals surface area contributed by atoms with Crippen molar-refractivity contribution in [2.75, 3.05) is 13.2 Å². The van der Waals surface area contributed by atoms with Crippen molar-refractivity contribution in [3.05, 3.63) is 59.7 Å². The molecule has 1 atom stereocenters. The summed E-state index contributed by atoms with van der Waals surface area (Å²) in [6.45, 7) is 2.38. The first-order valence-electron chi connectivity index (χ1n) is 9.62. The molecular weight excluding hydrogens is 372 g/mol. The number of carbonyl (C=O) groups is 3. The maximum absolute atomic E-state index is 12.3. The minimum Gasteiger partial charge on any atom is -0.481 e. The number of carboxylic acid groups (broad SMARTS) is 1. The number of fused-ring (bicyclic) bond motifs is 3. The number of rotatable bonds is 8. The summed E-state index contributed by atoms with van der Waals surface area (Å²) in [5.41, 5.74) is 4.37. The van der Waals surface area contributed by atoms with Crippen LogP contribution >= 0.6 is 0 Å². The van der Waals surface area contributed by atoms with E-state index in [9.17, 15) is 14.4 Å². The van der Waals surface area contributed by atoms with Gasteiger partial charge in [0, 0.05) is 12.5 Å². The average Bonchev–Trinajstić information content (AvgIpc) is 3.03. The molecule has 0 aliphatic heterocycles. The Balaban J connectivity index is 1.66. The summed E-state index contributed by atoms with van der Waals surface area (Å²) < 4.78 is 5.38. The van der Waals surface area contributed by atoms with E-state index in [0.29, 0.717) is 13.0 Å². The summed E-state index contributed by atoms with van der Waals surface area (Å²) in [6, 6.07) is 14.7. The number of nitrogens with one attached hydrogen (secondary N) is 2. The minimum absolute atomic E-state index is 0.0935. The molecule has 2 aromatic carbocycles. The van der Waals surface area contributed by atoms with Crippen molar-refractivity contribution in [1.29, 1.82) is 0 Å². The number of ether oxygens (including phenoxy) is 1. The largest absolute Gasteiger partial charge is 0.481 e. The van der Waals surface area contributed by atoms with Crippen molar-refractivity contribution in [3.63, 3.8) is 0 Å². The Bertz CT molecular complexity index is 866. The van der Waals surface area contributed by atoms with Crippen molar-refractivity contribution in [2.45, 2.75) is 31.7 Å². The van der Waals surface area contributed by atoms with Gasteiger partial charge in [-0.3, -0.25) is 9.59 Å². The van der Waals surface area contributed by atoms with Gasteiger partial charge in [-0.1, -0.05) is 55.5 Å². The van der Waals surface area contributed by atoms with Gasteiger partial charge in [0.05, 0.1) is 6.42 Å². The number of carboxylic acids is 1. The molecule has 0 fully saturated rings. The molecule has 0 saturated carbocycles. The van der Waals surface area contributed by atoms with E-state index in [1.165, 1.54) is 0 Å². The van der Waals surface area contributed by atoms with Gasteiger partial charge in [-0.15, -0.1) is 0 Å². The fraction of sp³-hybridized carbons (Fsp3) is 0.318. The maximum atomic E-state index is 12.3. The van der Waals surface area contributed by atoms with Gasteiger partial charge in [0.2, 0.25) is 5.91 Å². The Morgan fingerprint density at radius 3 is 2.17 bits per heavy atom. The number of carbonyl (C=O) groups excluding carboxylic acids is 2. The van der Waals surface area contributed by atoms with E-state index in [-0.39, 0.29) is 12.5 Å². The van der Waals surface area contributed by atoms with Gasteiger partial charge in [-0.25, -0.2) is 4.79 Å². The number of amides is 2. The van der Waals surface area contributed by atoms with Crippen molar-refractivity contribution >= 4 is 18.0 Å². The van der Waals surface area contributed by atoms with Gasteiger partial charge in [-0.2, -0.15) is 0 Å². The summed E-state index contributed by atoms with van der Waals surface area (Å²) >= 11 is 0. The van der Waals surface area contributed by atoms with E-state index < -0.39 is 30.4 Å². The van der Waals surface area contributed by atoms with Gasteiger partial charge in [-0.05, 0) is 28.7 Å². The molecule has 7 heteroatoms. The second-order valence-corrected chi connectivity index (χ2v) is 6.91. The summed E-state index contributed by atoms with van der Waals surface area (Å²) in [5.74, 6) is -1.83. The molecule has 0 saturated heterocycles. The topological polar surface area (TPSA) is 105 Å². The van der Waals surface area contributed by atoms with Crippen molar-refractivity contribution < 1.29 is 24.2 Å². The highest BCUT2D eigenvalue weighted by Gasteiger charge is 2.30. The lowest BCUT2D eigenvalue weighted by atomic mass is 9.98. The Hall–Kier alpha value is -3.35. The molecule has 2 amide bonds. The Labute approximate surface area is 169 Å². The van der Waals surface area contributed by atoms with E-state index >= 15 is 0 Å². The molecule has 0 aromatic heterocycles. The summed E-state index contributed by atoms with van der Waals surface area (Å²) in [5, 5.41) is 14.0. The monoisotopic (exact) mass is 396 g/mol. The van der Waals surface area contributed by atoms with Crippen LogP contribution in [-0.2, 0) is 14.3 Å². The number of alkyl carbamates (subject to hydrolysis) is 1. The van der Waals surface area contributed by atoms with Crippen LogP contribution in [0, 0.1) is 0 Å². The van der Waals surface area contributed by atoms with Gasteiger partial charge in [0.1, 0.15) is 12.6 Å². The fourth-order valence-corrected chi connectivity index (χ4v) is 3.54. The third kappa shape index (κ3) is 4.74. The van der Waals surface area contributed by atoms with Crippen LogP contribution in [0.15, 0.2) is 48.5 Å². The van der Waals surface area contributed by atoms with E-state index in [0.717, 1.165) is 22.3 Å². The van der Waals surface area contributed by atoms with Crippen LogP contribution in [0.5, 0.6) is 0 Å². The molecule has 1 unspecified atom stereocenters. The highest BCUT2D eigenvalue weighted by atomic mass is 16.5. The van der Waals surface area contributed by atoms with Crippen molar-refractivity contribution in [2.24, 2.45) is 0 Å². The number of aliphatic carboxylic acids is 1. The molecule has 152 valence electrons. The Morgan fingerprint density at radius 1 is 1.03 bits per heavy atom. The van der Waals surface area contributed by atoms with Crippen LogP contribution in [-0.4, -0.2) is 42.3 Å². The van der Waals surface area contributed by atoms with Crippen LogP contribution in [0.3, 0.4) is 0 Å². The zero-order chi connectivity index (χ0) is 20.8. The molecule has 3 N–H and O–H groups in total. The van der Waals surface area contributed by atoms with Crippen LogP contribution in [0.1, 0.15) is 36.8 Å². The predicted molar refractivity (Wildman–Crippen MR) is 108 cm³/mol. The number of hydrogen-bond acceptors (Lipinski definition) is 4. The normalized spacial score (nSPS) is 13.1. The molecule has 0 heterocycles. The van der Waals surface area contributed by atoms with Crippen LogP contribution in [0.25, 0.3) is 11.1 Å². The van der Waals surface area contributed by atoms with E-state index in [4.69, 9.17) is 9.84 Å². The molecule has 1 aliphatic rings. The molecule has 3 rings (SSSR count). The minimum atomic E-state index is -1.19. The number of hydrogen-bond donors (Lipinski definition) is 3. The summed E-state index contributed by atoms with van der Waals surface area (Å²) in [7, 11) is 0. The molecule has 0 spiro atoms. The Morgan fingerprint density at radius 2 is 1.62 bits per heavy atom. The molecule has 0 radical (unpaired) electrons. The van der Waals surface area contributed by atoms with Crippen LogP contribution < -0.4 is 10.6 Å². The maximum Gasteiger partial charge on any atom is 0.407 e. The van der Waals surface area contributed by atoms with Crippen molar-refractivity contribution in [1.82, 2.24) is 10.6 Å². The summed E-state index contributed by atoms with van der Waals surface area (Å²) in [4.78, 5) is 35.4. The Kier molecular flexibility index (Phi) is 6.49. The first kappa shape index (κ1) is 20.4. The van der Waals surface area contributed by atoms with Gasteiger partial charge < -0.3 is 20.5 Å². The second kappa shape index (κ2) is 9.23. The standard InChI is InChI=1S/C22H24N2O5/c1-2-11-23-21(27)19(12-20(25)26)24-22(28)29-13-18-16-9-5-3-7-14(16)15-8-4-6-10-17(15)18/h3-10,18-19H,2,11-13H2,1H3,(H,23,27)(H,24,28)(H,25,26). The van der Waals surface area contributed by atoms with Gasteiger partial charge in [0.25, 0.3) is 0 Å². The fourth-order valence-electron chi connectivity index (χ4n) is 3.54. The average molecular weight is 396 g/mol. The number of benzene rings is 2. The van der Waals surface area contributed by atoms with E-state index in [1.54, 1.807) is 0 Å². The smallest absolute Gasteiger partial charge is 0.407 e. The lowest BCUT2D eigenvalue weighted by Gasteiger charge is -2.18. The van der Waals surface area contributed by atoms with Crippen LogP contribution in [0.2, 0.25) is 0 Å². The molecular formula is C22H24N2O5. The van der Waals surface area contributed by atoms with E-state index in [1.807, 2.05) is 55.5 Å². The molecule has 0 bridgehead atoms. The second-order valence-electron chi connectivity index (χ2n) is 6.91. The summed E-state index contributed by atoms with van der Waals surface area (Å²) in [6.07, 6.45) is -0.624. The van der Waals surface area contributed by atoms with Crippen molar-refractivity contribution in [3.8, 4) is 11.1 Å². The quantitative estimate of drug-likeness (QED) is 0.636. The molecule has 2 aromatic rings. The third-order valence-electron chi connectivity index (χ3n) is 4.88. The first-order valence-corrected chi connectivity index (χ1v) is 9.62. The lowest BCUT2D eigenvalue weighted by molar-refractivity contribution is -0.139.